The molecule has 0 radical (unpaired) electrons. The van der Waals surface area contributed by atoms with Crippen LogP contribution < -0.4 is 5.32 Å². The Hall–Kier alpha value is -1.72. The summed E-state index contributed by atoms with van der Waals surface area (Å²) >= 11 is 0. The summed E-state index contributed by atoms with van der Waals surface area (Å²) in [5.74, 6) is -0.709. The van der Waals surface area contributed by atoms with Crippen molar-refractivity contribution in [2.24, 2.45) is 5.92 Å². The van der Waals surface area contributed by atoms with Gasteiger partial charge in [0.25, 0.3) is 0 Å². The summed E-state index contributed by atoms with van der Waals surface area (Å²) in [6.45, 7) is 2.42. The van der Waals surface area contributed by atoms with E-state index in [-0.39, 0.29) is 12.3 Å². The summed E-state index contributed by atoms with van der Waals surface area (Å²) in [7, 11) is 0. The molecule has 0 saturated heterocycles. The number of hydrogen-bond donors (Lipinski definition) is 2. The third-order valence-corrected chi connectivity index (χ3v) is 2.72. The number of halogens is 3. The van der Waals surface area contributed by atoms with E-state index in [0.29, 0.717) is 18.7 Å². The maximum atomic E-state index is 12.3. The molecule has 0 aliphatic heterocycles. The van der Waals surface area contributed by atoms with Gasteiger partial charge < -0.3 is 10.4 Å². The van der Waals surface area contributed by atoms with Crippen LogP contribution in [0.1, 0.15) is 25.3 Å². The smallest absolute Gasteiger partial charge is 0.416 e. The van der Waals surface area contributed by atoms with E-state index in [9.17, 15) is 18.0 Å². The number of benzene rings is 1. The summed E-state index contributed by atoms with van der Waals surface area (Å²) in [5, 5.41) is 11.5. The lowest BCUT2D eigenvalue weighted by molar-refractivity contribution is -0.138. The number of carbonyl (C=O) groups is 1. The molecule has 0 saturated carbocycles. The highest BCUT2D eigenvalue weighted by Gasteiger charge is 2.29. The van der Waals surface area contributed by atoms with E-state index in [0.717, 1.165) is 12.1 Å². The van der Waals surface area contributed by atoms with Crippen LogP contribution in [0.4, 0.5) is 18.9 Å². The third kappa shape index (κ3) is 5.63. The topological polar surface area (TPSA) is 49.3 Å². The van der Waals surface area contributed by atoms with Crippen LogP contribution in [0.25, 0.3) is 0 Å². The van der Waals surface area contributed by atoms with Crippen molar-refractivity contribution < 1.29 is 23.1 Å². The minimum Gasteiger partial charge on any atom is -0.481 e. The average Bonchev–Trinajstić information content (AvgIpc) is 2.33. The van der Waals surface area contributed by atoms with Crippen LogP contribution in [0.15, 0.2) is 24.3 Å². The maximum Gasteiger partial charge on any atom is 0.416 e. The molecule has 2 N–H and O–H groups in total. The molecule has 0 aliphatic carbocycles. The van der Waals surface area contributed by atoms with E-state index >= 15 is 0 Å². The van der Waals surface area contributed by atoms with Crippen molar-refractivity contribution in [3.63, 3.8) is 0 Å². The number of anilines is 1. The molecule has 0 spiro atoms. The van der Waals surface area contributed by atoms with Gasteiger partial charge >= 0.3 is 12.1 Å². The van der Waals surface area contributed by atoms with Crippen molar-refractivity contribution in [3.8, 4) is 0 Å². The minimum absolute atomic E-state index is 0.0931. The molecule has 3 nitrogen and oxygen atoms in total. The number of aliphatic carboxylic acids is 1. The molecule has 1 rings (SSSR count). The summed E-state index contributed by atoms with van der Waals surface area (Å²) in [6.07, 6.45) is -3.70. The maximum absolute atomic E-state index is 12.3. The number of nitrogens with one attached hydrogen (secondary N) is 1. The molecular formula is C13H16F3NO2. The Morgan fingerprint density at radius 3 is 2.37 bits per heavy atom. The number of carboxylic acids is 1. The second kappa shape index (κ2) is 6.45. The monoisotopic (exact) mass is 275 g/mol. The predicted molar refractivity (Wildman–Crippen MR) is 66.0 cm³/mol. The summed E-state index contributed by atoms with van der Waals surface area (Å²) in [5.41, 5.74) is -0.0906. The number of rotatable bonds is 6. The van der Waals surface area contributed by atoms with Gasteiger partial charge in [0.15, 0.2) is 0 Å². The van der Waals surface area contributed by atoms with Crippen molar-refractivity contribution in [2.75, 3.05) is 11.9 Å². The molecule has 19 heavy (non-hydrogen) atoms. The van der Waals surface area contributed by atoms with Crippen molar-refractivity contribution in [1.29, 1.82) is 0 Å². The van der Waals surface area contributed by atoms with Gasteiger partial charge in [-0.3, -0.25) is 4.79 Å². The van der Waals surface area contributed by atoms with Crippen molar-refractivity contribution in [3.05, 3.63) is 29.8 Å². The normalized spacial score (nSPS) is 13.1. The van der Waals surface area contributed by atoms with Gasteiger partial charge in [0.2, 0.25) is 0 Å². The fourth-order valence-corrected chi connectivity index (χ4v) is 1.54. The average molecular weight is 275 g/mol. The van der Waals surface area contributed by atoms with Gasteiger partial charge in [0, 0.05) is 18.7 Å². The molecule has 1 unspecified atom stereocenters. The fraction of sp³-hybridized carbons (Fsp3) is 0.462. The van der Waals surface area contributed by atoms with Crippen LogP contribution in [0.3, 0.4) is 0 Å². The summed E-state index contributed by atoms with van der Waals surface area (Å²) < 4.78 is 37.0. The highest BCUT2D eigenvalue weighted by Crippen LogP contribution is 2.29. The van der Waals surface area contributed by atoms with Gasteiger partial charge in [-0.15, -0.1) is 0 Å². The Labute approximate surface area is 109 Å². The Balaban J connectivity index is 2.44. The van der Waals surface area contributed by atoms with Crippen molar-refractivity contribution in [2.45, 2.75) is 25.9 Å². The van der Waals surface area contributed by atoms with Crippen LogP contribution >= 0.6 is 0 Å². The molecule has 0 bridgehead atoms. The molecule has 0 aromatic heterocycles. The van der Waals surface area contributed by atoms with Crippen LogP contribution in [0.2, 0.25) is 0 Å². The molecule has 106 valence electrons. The van der Waals surface area contributed by atoms with Crippen molar-refractivity contribution in [1.82, 2.24) is 0 Å². The molecule has 6 heteroatoms. The first-order chi connectivity index (χ1) is 8.79. The zero-order valence-corrected chi connectivity index (χ0v) is 10.5. The third-order valence-electron chi connectivity index (χ3n) is 2.72. The molecule has 0 fully saturated rings. The first-order valence-electron chi connectivity index (χ1n) is 5.92. The van der Waals surface area contributed by atoms with Gasteiger partial charge in [-0.05, 0) is 36.6 Å². The van der Waals surface area contributed by atoms with E-state index in [1.54, 1.807) is 0 Å². The molecule has 1 aromatic carbocycles. The number of hydrogen-bond acceptors (Lipinski definition) is 2. The van der Waals surface area contributed by atoms with Crippen LogP contribution in [0, 0.1) is 5.92 Å². The van der Waals surface area contributed by atoms with Crippen LogP contribution in [-0.4, -0.2) is 17.6 Å². The molecular weight excluding hydrogens is 259 g/mol. The van der Waals surface area contributed by atoms with E-state index in [1.807, 2.05) is 6.92 Å². The Morgan fingerprint density at radius 2 is 1.89 bits per heavy atom. The standard InChI is InChI=1S/C13H16F3NO2/c1-9(2-7-12(18)19)8-17-11-5-3-10(4-6-11)13(14,15)16/h3-6,9,17H,2,7-8H2,1H3,(H,18,19). The SMILES string of the molecule is CC(CCC(=O)O)CNc1ccc(C(F)(F)F)cc1. The highest BCUT2D eigenvalue weighted by molar-refractivity contribution is 5.66. The minimum atomic E-state index is -4.33. The quantitative estimate of drug-likeness (QED) is 0.833. The molecule has 0 aliphatic rings. The van der Waals surface area contributed by atoms with E-state index < -0.39 is 17.7 Å². The number of alkyl halides is 3. The predicted octanol–water partition coefficient (Wildman–Crippen LogP) is 3.62. The second-order valence-electron chi connectivity index (χ2n) is 4.49. The van der Waals surface area contributed by atoms with Gasteiger partial charge in [-0.1, -0.05) is 6.92 Å². The van der Waals surface area contributed by atoms with Gasteiger partial charge in [-0.2, -0.15) is 13.2 Å². The Bertz CT molecular complexity index is 415. The van der Waals surface area contributed by atoms with E-state index in [4.69, 9.17) is 5.11 Å². The first-order valence-corrected chi connectivity index (χ1v) is 5.92. The lowest BCUT2D eigenvalue weighted by Gasteiger charge is -2.13. The van der Waals surface area contributed by atoms with E-state index in [1.165, 1.54) is 12.1 Å². The lowest BCUT2D eigenvalue weighted by Crippen LogP contribution is -2.13. The molecule has 1 atom stereocenters. The zero-order chi connectivity index (χ0) is 14.5. The number of carboxylic acid groups (broad SMARTS) is 1. The summed E-state index contributed by atoms with van der Waals surface area (Å²) in [6, 6.07) is 4.77. The highest BCUT2D eigenvalue weighted by atomic mass is 19.4. The van der Waals surface area contributed by atoms with E-state index in [2.05, 4.69) is 5.32 Å². The van der Waals surface area contributed by atoms with Crippen LogP contribution in [0.5, 0.6) is 0 Å². The molecule has 1 aromatic rings. The zero-order valence-electron chi connectivity index (χ0n) is 10.5. The first kappa shape index (κ1) is 15.3. The largest absolute Gasteiger partial charge is 0.481 e. The molecule has 0 heterocycles. The van der Waals surface area contributed by atoms with Crippen molar-refractivity contribution >= 4 is 11.7 Å². The Kier molecular flexibility index (Phi) is 5.20. The van der Waals surface area contributed by atoms with Gasteiger partial charge in [0.05, 0.1) is 5.56 Å². The Morgan fingerprint density at radius 1 is 1.32 bits per heavy atom. The van der Waals surface area contributed by atoms with Gasteiger partial charge in [-0.25, -0.2) is 0 Å². The summed E-state index contributed by atoms with van der Waals surface area (Å²) in [4.78, 5) is 10.4. The fourth-order valence-electron chi connectivity index (χ4n) is 1.54. The second-order valence-corrected chi connectivity index (χ2v) is 4.49. The lowest BCUT2D eigenvalue weighted by atomic mass is 10.1. The molecule has 0 amide bonds. The van der Waals surface area contributed by atoms with Crippen LogP contribution in [-0.2, 0) is 11.0 Å². The van der Waals surface area contributed by atoms with Gasteiger partial charge in [0.1, 0.15) is 0 Å².